The Hall–Kier alpha value is -3.18. The number of para-hydroxylation sites is 2. The highest BCUT2D eigenvalue weighted by Gasteiger charge is 2.13. The van der Waals surface area contributed by atoms with E-state index in [0.717, 1.165) is 36.3 Å². The molecule has 0 bridgehead atoms. The molecule has 0 radical (unpaired) electrons. The van der Waals surface area contributed by atoms with Gasteiger partial charge in [-0.2, -0.15) is 0 Å². The molecular weight excluding hydrogens is 366 g/mol. The van der Waals surface area contributed by atoms with Crippen LogP contribution in [-0.2, 0) is 0 Å². The number of benzene rings is 2. The topological polar surface area (TPSA) is 59.8 Å². The summed E-state index contributed by atoms with van der Waals surface area (Å²) in [5, 5.41) is 0.717. The van der Waals surface area contributed by atoms with Crippen LogP contribution in [0.1, 0.15) is 28.8 Å². The summed E-state index contributed by atoms with van der Waals surface area (Å²) in [6, 6.07) is 16.3. The number of allylic oxidation sites excluding steroid dienone is 1. The molecule has 148 valence electrons. The van der Waals surface area contributed by atoms with Gasteiger partial charge in [0.15, 0.2) is 5.78 Å². The van der Waals surface area contributed by atoms with Gasteiger partial charge in [-0.3, -0.25) is 9.69 Å². The second-order valence-electron chi connectivity index (χ2n) is 7.12. The average Bonchev–Trinajstić information content (AvgIpc) is 3.26. The van der Waals surface area contributed by atoms with Crippen LogP contribution in [0.4, 0.5) is 0 Å². The van der Waals surface area contributed by atoms with E-state index in [1.165, 1.54) is 18.9 Å². The van der Waals surface area contributed by atoms with Crippen molar-refractivity contribution in [3.8, 4) is 5.75 Å². The molecule has 1 aromatic heterocycles. The number of carbonyl (C=O) groups excluding carboxylic acids is 1. The molecule has 1 fully saturated rings. The third-order valence-electron chi connectivity index (χ3n) is 5.10. The maximum absolute atomic E-state index is 12.6. The van der Waals surface area contributed by atoms with Gasteiger partial charge in [-0.1, -0.05) is 36.4 Å². The maximum Gasteiger partial charge on any atom is 0.347 e. The van der Waals surface area contributed by atoms with Gasteiger partial charge in [-0.25, -0.2) is 4.79 Å². The molecule has 5 nitrogen and oxygen atoms in total. The van der Waals surface area contributed by atoms with E-state index >= 15 is 0 Å². The van der Waals surface area contributed by atoms with E-state index < -0.39 is 11.4 Å². The quantitative estimate of drug-likeness (QED) is 0.345. The number of hydrogen-bond acceptors (Lipinski definition) is 5. The zero-order chi connectivity index (χ0) is 20.1. The normalized spacial score (nSPS) is 14.6. The molecule has 0 amide bonds. The molecule has 1 aliphatic heterocycles. The Labute approximate surface area is 169 Å². The minimum Gasteiger partial charge on any atom is -0.492 e. The molecule has 2 aromatic carbocycles. The lowest BCUT2D eigenvalue weighted by Crippen LogP contribution is -2.25. The number of rotatable bonds is 7. The van der Waals surface area contributed by atoms with Gasteiger partial charge in [0.2, 0.25) is 0 Å². The minimum absolute atomic E-state index is 0.0207. The van der Waals surface area contributed by atoms with E-state index in [1.807, 2.05) is 36.4 Å². The van der Waals surface area contributed by atoms with Crippen LogP contribution in [0.2, 0.25) is 0 Å². The molecule has 1 saturated heterocycles. The van der Waals surface area contributed by atoms with Crippen molar-refractivity contribution in [2.75, 3.05) is 26.2 Å². The summed E-state index contributed by atoms with van der Waals surface area (Å²) in [6.45, 7) is 3.77. The lowest BCUT2D eigenvalue weighted by Gasteiger charge is -2.15. The molecule has 0 saturated carbocycles. The number of carbonyl (C=O) groups is 1. The Bertz CT molecular complexity index is 1090. The Balaban J connectivity index is 1.48. The molecule has 0 unspecified atom stereocenters. The Morgan fingerprint density at radius 1 is 1.07 bits per heavy atom. The third kappa shape index (κ3) is 4.63. The van der Waals surface area contributed by atoms with Crippen molar-refractivity contribution in [2.24, 2.45) is 0 Å². The fourth-order valence-corrected chi connectivity index (χ4v) is 3.53. The number of ketones is 1. The first-order valence-corrected chi connectivity index (χ1v) is 9.90. The number of fused-ring (bicyclic) bond motifs is 1. The van der Waals surface area contributed by atoms with Gasteiger partial charge in [-0.15, -0.1) is 0 Å². The first-order valence-electron chi connectivity index (χ1n) is 9.90. The van der Waals surface area contributed by atoms with Crippen molar-refractivity contribution < 1.29 is 13.9 Å². The molecule has 1 aliphatic rings. The monoisotopic (exact) mass is 389 g/mol. The van der Waals surface area contributed by atoms with Gasteiger partial charge >= 0.3 is 5.63 Å². The third-order valence-corrected chi connectivity index (χ3v) is 5.10. The molecule has 0 N–H and O–H groups in total. The average molecular weight is 389 g/mol. The second-order valence-corrected chi connectivity index (χ2v) is 7.12. The molecule has 0 atom stereocenters. The van der Waals surface area contributed by atoms with Crippen LogP contribution < -0.4 is 10.4 Å². The highest BCUT2D eigenvalue weighted by atomic mass is 16.5. The number of likely N-dealkylation sites (tertiary alicyclic amines) is 1. The summed E-state index contributed by atoms with van der Waals surface area (Å²) >= 11 is 0. The summed E-state index contributed by atoms with van der Waals surface area (Å²) in [6.07, 6.45) is 5.58. The van der Waals surface area contributed by atoms with Crippen molar-refractivity contribution in [2.45, 2.75) is 12.8 Å². The zero-order valence-electron chi connectivity index (χ0n) is 16.2. The molecule has 4 rings (SSSR count). The number of hydrogen-bond donors (Lipinski definition) is 0. The molecular formula is C24H23NO4. The highest BCUT2D eigenvalue weighted by molar-refractivity contribution is 6.07. The van der Waals surface area contributed by atoms with Crippen LogP contribution in [0.15, 0.2) is 69.9 Å². The zero-order valence-corrected chi connectivity index (χ0v) is 16.2. The van der Waals surface area contributed by atoms with Gasteiger partial charge in [-0.05, 0) is 56.3 Å². The molecule has 3 aromatic rings. The van der Waals surface area contributed by atoms with E-state index in [9.17, 15) is 9.59 Å². The van der Waals surface area contributed by atoms with Crippen molar-refractivity contribution in [3.05, 3.63) is 82.2 Å². The Kier molecular flexibility index (Phi) is 5.86. The first-order chi connectivity index (χ1) is 14.2. The maximum atomic E-state index is 12.6. The first kappa shape index (κ1) is 19.2. The summed E-state index contributed by atoms with van der Waals surface area (Å²) in [5.41, 5.74) is 0.656. The minimum atomic E-state index is -0.631. The lowest BCUT2D eigenvalue weighted by atomic mass is 10.1. The predicted octanol–water partition coefficient (Wildman–Crippen LogP) is 4.16. The molecule has 29 heavy (non-hydrogen) atoms. The van der Waals surface area contributed by atoms with Crippen LogP contribution in [-0.4, -0.2) is 36.9 Å². The van der Waals surface area contributed by atoms with Crippen LogP contribution in [0.3, 0.4) is 0 Å². The molecule has 2 heterocycles. The molecule has 0 aliphatic carbocycles. The van der Waals surface area contributed by atoms with Crippen LogP contribution in [0.25, 0.3) is 17.0 Å². The van der Waals surface area contributed by atoms with E-state index in [1.54, 1.807) is 24.3 Å². The lowest BCUT2D eigenvalue weighted by molar-refractivity contribution is 0.104. The van der Waals surface area contributed by atoms with Gasteiger partial charge < -0.3 is 9.15 Å². The SMILES string of the molecule is O=C(/C=C/c1ccccc1OCCN1CCCC1)c1cc2ccccc2oc1=O. The highest BCUT2D eigenvalue weighted by Crippen LogP contribution is 2.20. The fraction of sp³-hybridized carbons (Fsp3) is 0.250. The summed E-state index contributed by atoms with van der Waals surface area (Å²) in [7, 11) is 0. The van der Waals surface area contributed by atoms with Crippen molar-refractivity contribution in [1.82, 2.24) is 4.90 Å². The number of ether oxygens (including phenoxy) is 1. The van der Waals surface area contributed by atoms with Crippen molar-refractivity contribution >= 4 is 22.8 Å². The van der Waals surface area contributed by atoms with Gasteiger partial charge in [0.05, 0.1) is 0 Å². The van der Waals surface area contributed by atoms with Crippen LogP contribution in [0, 0.1) is 0 Å². The summed E-state index contributed by atoms with van der Waals surface area (Å²) < 4.78 is 11.2. The smallest absolute Gasteiger partial charge is 0.347 e. The van der Waals surface area contributed by atoms with Crippen LogP contribution >= 0.6 is 0 Å². The standard InChI is InChI=1S/C24H23NO4/c26-21(20-17-19-8-2-4-10-23(19)29-24(20)27)12-11-18-7-1-3-9-22(18)28-16-15-25-13-5-6-14-25/h1-4,7-12,17H,5-6,13-16H2/b12-11+. The molecule has 5 heteroatoms. The predicted molar refractivity (Wildman–Crippen MR) is 113 cm³/mol. The van der Waals surface area contributed by atoms with E-state index in [4.69, 9.17) is 9.15 Å². The fourth-order valence-electron chi connectivity index (χ4n) is 3.53. The van der Waals surface area contributed by atoms with Crippen molar-refractivity contribution in [3.63, 3.8) is 0 Å². The molecule has 0 spiro atoms. The van der Waals surface area contributed by atoms with Crippen LogP contribution in [0.5, 0.6) is 5.75 Å². The van der Waals surface area contributed by atoms with E-state index in [2.05, 4.69) is 4.90 Å². The van der Waals surface area contributed by atoms with E-state index in [0.29, 0.717) is 12.2 Å². The van der Waals surface area contributed by atoms with Crippen molar-refractivity contribution in [1.29, 1.82) is 0 Å². The number of nitrogens with zero attached hydrogens (tertiary/aromatic N) is 1. The van der Waals surface area contributed by atoms with Gasteiger partial charge in [0.25, 0.3) is 0 Å². The van der Waals surface area contributed by atoms with Gasteiger partial charge in [0.1, 0.15) is 23.5 Å². The Morgan fingerprint density at radius 2 is 1.83 bits per heavy atom. The van der Waals surface area contributed by atoms with Gasteiger partial charge in [0, 0.05) is 17.5 Å². The summed E-state index contributed by atoms with van der Waals surface area (Å²) in [5.74, 6) is 0.331. The van der Waals surface area contributed by atoms with E-state index in [-0.39, 0.29) is 5.56 Å². The summed E-state index contributed by atoms with van der Waals surface area (Å²) in [4.78, 5) is 27.1. The Morgan fingerprint density at radius 3 is 2.69 bits per heavy atom. The largest absolute Gasteiger partial charge is 0.492 e. The second kappa shape index (κ2) is 8.88.